The maximum atomic E-state index is 13.2. The number of para-hydroxylation sites is 1. The third-order valence-corrected chi connectivity index (χ3v) is 6.22. The van der Waals surface area contributed by atoms with Crippen molar-refractivity contribution in [1.82, 2.24) is 10.2 Å². The van der Waals surface area contributed by atoms with Crippen LogP contribution in [0.5, 0.6) is 11.5 Å². The Balaban J connectivity index is 1.37. The number of carbonyl (C=O) groups is 3. The molecule has 178 valence electrons. The fraction of sp³-hybridized carbons (Fsp3) is 0.192. The Bertz CT molecular complexity index is 1480. The number of rotatable bonds is 6. The molecule has 1 saturated heterocycles. The number of fused-ring (bicyclic) bond motifs is 3. The van der Waals surface area contributed by atoms with Crippen molar-refractivity contribution >= 4 is 45.5 Å². The molecule has 35 heavy (non-hydrogen) atoms. The molecule has 9 heteroatoms. The van der Waals surface area contributed by atoms with Gasteiger partial charge in [-0.1, -0.05) is 30.3 Å². The normalized spacial score (nSPS) is 17.6. The fourth-order valence-electron chi connectivity index (χ4n) is 4.31. The lowest BCUT2D eigenvalue weighted by atomic mass is 9.92. The van der Waals surface area contributed by atoms with E-state index in [-0.39, 0.29) is 0 Å². The van der Waals surface area contributed by atoms with E-state index in [9.17, 15) is 14.4 Å². The summed E-state index contributed by atoms with van der Waals surface area (Å²) in [6.07, 6.45) is 0. The summed E-state index contributed by atoms with van der Waals surface area (Å²) in [5.74, 6) is -0.0258. The van der Waals surface area contributed by atoms with E-state index in [2.05, 4.69) is 10.6 Å². The second-order valence-electron chi connectivity index (χ2n) is 8.37. The van der Waals surface area contributed by atoms with Gasteiger partial charge in [-0.15, -0.1) is 0 Å². The van der Waals surface area contributed by atoms with E-state index >= 15 is 0 Å². The number of imide groups is 1. The molecule has 3 aromatic carbocycles. The number of amides is 4. The van der Waals surface area contributed by atoms with Gasteiger partial charge in [-0.3, -0.25) is 14.5 Å². The molecule has 2 N–H and O–H groups in total. The smallest absolute Gasteiger partial charge is 0.325 e. The monoisotopic (exact) mass is 473 g/mol. The van der Waals surface area contributed by atoms with Crippen molar-refractivity contribution in [3.8, 4) is 11.5 Å². The highest BCUT2D eigenvalue weighted by atomic mass is 16.5. The maximum Gasteiger partial charge on any atom is 0.325 e. The second kappa shape index (κ2) is 8.35. The Morgan fingerprint density at radius 3 is 2.46 bits per heavy atom. The molecule has 0 aliphatic carbocycles. The molecule has 4 aromatic rings. The van der Waals surface area contributed by atoms with Gasteiger partial charge < -0.3 is 24.5 Å². The number of hydrogen-bond acceptors (Lipinski definition) is 6. The van der Waals surface area contributed by atoms with Crippen LogP contribution >= 0.6 is 0 Å². The lowest BCUT2D eigenvalue weighted by Gasteiger charge is -2.22. The molecule has 0 unspecified atom stereocenters. The fourth-order valence-corrected chi connectivity index (χ4v) is 4.31. The van der Waals surface area contributed by atoms with Gasteiger partial charge in [-0.2, -0.15) is 0 Å². The third-order valence-electron chi connectivity index (χ3n) is 6.22. The Labute approximate surface area is 200 Å². The molecule has 2 heterocycles. The second-order valence-corrected chi connectivity index (χ2v) is 8.37. The van der Waals surface area contributed by atoms with Gasteiger partial charge in [0, 0.05) is 16.8 Å². The largest absolute Gasteiger partial charge is 0.497 e. The van der Waals surface area contributed by atoms with Gasteiger partial charge in [0.1, 0.15) is 34.7 Å². The molecule has 1 aromatic heterocycles. The van der Waals surface area contributed by atoms with E-state index in [1.54, 1.807) is 50.4 Å². The highest BCUT2D eigenvalue weighted by Crippen LogP contribution is 2.36. The van der Waals surface area contributed by atoms with Crippen molar-refractivity contribution in [3.63, 3.8) is 0 Å². The predicted molar refractivity (Wildman–Crippen MR) is 129 cm³/mol. The number of nitrogens with zero attached hydrogens (tertiary/aromatic N) is 1. The number of furan rings is 1. The van der Waals surface area contributed by atoms with E-state index in [1.807, 2.05) is 24.3 Å². The minimum atomic E-state index is -1.30. The van der Waals surface area contributed by atoms with E-state index in [0.29, 0.717) is 33.9 Å². The SMILES string of the molecule is COc1ccc([C@@]2(C)NC(=O)N(CC(=O)Nc3cc4oc5ccccc5c4cc3OC)C2=O)cc1. The molecule has 1 fully saturated rings. The molecule has 0 spiro atoms. The highest BCUT2D eigenvalue weighted by molar-refractivity contribution is 6.11. The van der Waals surface area contributed by atoms with Crippen LogP contribution in [0, 0.1) is 0 Å². The Kier molecular flexibility index (Phi) is 5.32. The van der Waals surface area contributed by atoms with Crippen LogP contribution in [-0.4, -0.2) is 43.5 Å². The summed E-state index contributed by atoms with van der Waals surface area (Å²) in [6, 6.07) is 17.2. The molecule has 1 atom stereocenters. The van der Waals surface area contributed by atoms with Gasteiger partial charge in [0.05, 0.1) is 19.9 Å². The van der Waals surface area contributed by atoms with E-state index in [4.69, 9.17) is 13.9 Å². The van der Waals surface area contributed by atoms with Crippen LogP contribution in [0.25, 0.3) is 21.9 Å². The number of carbonyl (C=O) groups excluding carboxylic acids is 3. The van der Waals surface area contributed by atoms with Crippen molar-refractivity contribution in [3.05, 3.63) is 66.2 Å². The van der Waals surface area contributed by atoms with Gasteiger partial charge >= 0.3 is 6.03 Å². The molecule has 5 rings (SSSR count). The average molecular weight is 473 g/mol. The lowest BCUT2D eigenvalue weighted by molar-refractivity contribution is -0.133. The minimum Gasteiger partial charge on any atom is -0.497 e. The topological polar surface area (TPSA) is 110 Å². The zero-order valence-electron chi connectivity index (χ0n) is 19.4. The molecular formula is C26H23N3O6. The predicted octanol–water partition coefficient (Wildman–Crippen LogP) is 4.01. The Morgan fingerprint density at radius 2 is 1.74 bits per heavy atom. The van der Waals surface area contributed by atoms with Crippen LogP contribution in [0.1, 0.15) is 12.5 Å². The minimum absolute atomic E-state index is 0.369. The van der Waals surface area contributed by atoms with Gasteiger partial charge in [-0.05, 0) is 36.8 Å². The van der Waals surface area contributed by atoms with E-state index in [1.165, 1.54) is 7.11 Å². The van der Waals surface area contributed by atoms with E-state index < -0.39 is 29.9 Å². The first-order valence-electron chi connectivity index (χ1n) is 10.9. The maximum absolute atomic E-state index is 13.2. The van der Waals surface area contributed by atoms with Gasteiger partial charge in [0.2, 0.25) is 5.91 Å². The zero-order valence-corrected chi connectivity index (χ0v) is 19.4. The molecule has 0 bridgehead atoms. The Hall–Kier alpha value is -4.53. The summed E-state index contributed by atoms with van der Waals surface area (Å²) in [4.78, 5) is 39.6. The summed E-state index contributed by atoms with van der Waals surface area (Å²) in [5.41, 5.74) is 0.939. The van der Waals surface area contributed by atoms with E-state index in [0.717, 1.165) is 15.7 Å². The molecule has 1 aliphatic heterocycles. The van der Waals surface area contributed by atoms with Gasteiger partial charge in [-0.25, -0.2) is 4.79 Å². The van der Waals surface area contributed by atoms with Crippen LogP contribution in [-0.2, 0) is 15.1 Å². The standard InChI is InChI=1S/C26H23N3O6/c1-26(15-8-10-16(33-2)11-9-15)24(31)29(25(32)28-26)14-23(30)27-19-13-21-18(12-22(19)34-3)17-6-4-5-7-20(17)35-21/h4-13H,14H2,1-3H3,(H,27,30)(H,28,32)/t26-/m1/s1. The van der Waals surface area contributed by atoms with Crippen molar-refractivity contribution in [2.75, 3.05) is 26.1 Å². The molecular weight excluding hydrogens is 450 g/mol. The first kappa shape index (κ1) is 22.3. The summed E-state index contributed by atoms with van der Waals surface area (Å²) >= 11 is 0. The van der Waals surface area contributed by atoms with Crippen LogP contribution in [0.15, 0.2) is 65.1 Å². The number of nitrogens with one attached hydrogen (secondary N) is 2. The number of hydrogen-bond donors (Lipinski definition) is 2. The van der Waals surface area contributed by atoms with Crippen LogP contribution in [0.4, 0.5) is 10.5 Å². The third kappa shape index (κ3) is 3.71. The first-order valence-corrected chi connectivity index (χ1v) is 10.9. The molecule has 0 radical (unpaired) electrons. The number of urea groups is 1. The van der Waals surface area contributed by atoms with Crippen LogP contribution in [0.2, 0.25) is 0 Å². The average Bonchev–Trinajstić information content (AvgIpc) is 3.33. The number of methoxy groups -OCH3 is 2. The van der Waals surface area contributed by atoms with Crippen LogP contribution < -0.4 is 20.1 Å². The number of anilines is 1. The quantitative estimate of drug-likeness (QED) is 0.410. The lowest BCUT2D eigenvalue weighted by Crippen LogP contribution is -2.42. The van der Waals surface area contributed by atoms with Gasteiger partial charge in [0.25, 0.3) is 5.91 Å². The van der Waals surface area contributed by atoms with Crippen molar-refractivity contribution in [1.29, 1.82) is 0 Å². The molecule has 1 aliphatic rings. The van der Waals surface area contributed by atoms with Gasteiger partial charge in [0.15, 0.2) is 0 Å². The molecule has 9 nitrogen and oxygen atoms in total. The summed E-state index contributed by atoms with van der Waals surface area (Å²) < 4.78 is 16.5. The Morgan fingerprint density at radius 1 is 1.00 bits per heavy atom. The molecule has 0 saturated carbocycles. The summed E-state index contributed by atoms with van der Waals surface area (Å²) in [7, 11) is 3.04. The highest BCUT2D eigenvalue weighted by Gasteiger charge is 2.49. The summed E-state index contributed by atoms with van der Waals surface area (Å²) in [5, 5.41) is 7.20. The molecule has 4 amide bonds. The number of benzene rings is 3. The van der Waals surface area contributed by atoms with Crippen LogP contribution in [0.3, 0.4) is 0 Å². The van der Waals surface area contributed by atoms with Crippen molar-refractivity contribution in [2.45, 2.75) is 12.5 Å². The zero-order chi connectivity index (χ0) is 24.7. The van der Waals surface area contributed by atoms with Crippen molar-refractivity contribution in [2.24, 2.45) is 0 Å². The first-order chi connectivity index (χ1) is 16.8. The number of ether oxygens (including phenoxy) is 2. The van der Waals surface area contributed by atoms with Crippen molar-refractivity contribution < 1.29 is 28.3 Å². The summed E-state index contributed by atoms with van der Waals surface area (Å²) in [6.45, 7) is 1.14.